The van der Waals surface area contributed by atoms with Gasteiger partial charge in [-0.1, -0.05) is 18.2 Å². The number of hydrogen-bond donors (Lipinski definition) is 2. The summed E-state index contributed by atoms with van der Waals surface area (Å²) in [6.45, 7) is 5.80. The molecule has 1 fully saturated rings. The molecule has 26 heavy (non-hydrogen) atoms. The standard InChI is InChI=1S/C21H23N3O2/c1-13-7-8-18(11-14(13)2)21(26)24-23-15(3)17-5-4-6-19(12-17)22-20(25)16-9-10-16/h4-8,11-12,16H,9-10H2,1-3H3,(H,22,25)(H,24,26)/b23-15-. The number of amides is 2. The molecule has 2 amide bonds. The highest BCUT2D eigenvalue weighted by Gasteiger charge is 2.29. The molecule has 0 radical (unpaired) electrons. The summed E-state index contributed by atoms with van der Waals surface area (Å²) in [5, 5.41) is 7.11. The lowest BCUT2D eigenvalue weighted by atomic mass is 10.1. The first-order valence-electron chi connectivity index (χ1n) is 8.77. The van der Waals surface area contributed by atoms with Crippen molar-refractivity contribution in [1.82, 2.24) is 5.43 Å². The zero-order chi connectivity index (χ0) is 18.7. The van der Waals surface area contributed by atoms with Crippen LogP contribution in [-0.4, -0.2) is 17.5 Å². The van der Waals surface area contributed by atoms with Crippen molar-refractivity contribution < 1.29 is 9.59 Å². The fraction of sp³-hybridized carbons (Fsp3) is 0.286. The summed E-state index contributed by atoms with van der Waals surface area (Å²) in [7, 11) is 0. The van der Waals surface area contributed by atoms with Crippen LogP contribution in [0.15, 0.2) is 47.6 Å². The van der Waals surface area contributed by atoms with Crippen molar-refractivity contribution in [2.24, 2.45) is 11.0 Å². The van der Waals surface area contributed by atoms with Crippen LogP contribution in [0.25, 0.3) is 0 Å². The molecule has 0 aromatic heterocycles. The van der Waals surface area contributed by atoms with Crippen molar-refractivity contribution in [2.75, 3.05) is 5.32 Å². The van der Waals surface area contributed by atoms with Gasteiger partial charge < -0.3 is 5.32 Å². The number of nitrogens with zero attached hydrogens (tertiary/aromatic N) is 1. The summed E-state index contributed by atoms with van der Waals surface area (Å²) in [6, 6.07) is 13.0. The Labute approximate surface area is 153 Å². The third kappa shape index (κ3) is 4.36. The number of hydrazone groups is 1. The molecular formula is C21H23N3O2. The summed E-state index contributed by atoms with van der Waals surface area (Å²) in [6.07, 6.45) is 1.94. The molecule has 1 aliphatic rings. The van der Waals surface area contributed by atoms with Gasteiger partial charge in [-0.05, 0) is 74.6 Å². The third-order valence-corrected chi connectivity index (χ3v) is 4.59. The number of carbonyl (C=O) groups excluding carboxylic acids is 2. The molecule has 1 saturated carbocycles. The lowest BCUT2D eigenvalue weighted by molar-refractivity contribution is -0.117. The predicted molar refractivity (Wildman–Crippen MR) is 103 cm³/mol. The van der Waals surface area contributed by atoms with Crippen LogP contribution in [-0.2, 0) is 4.79 Å². The van der Waals surface area contributed by atoms with E-state index in [0.29, 0.717) is 11.3 Å². The maximum absolute atomic E-state index is 12.3. The van der Waals surface area contributed by atoms with E-state index >= 15 is 0 Å². The topological polar surface area (TPSA) is 70.6 Å². The fourth-order valence-electron chi connectivity index (χ4n) is 2.56. The molecule has 2 aromatic rings. The van der Waals surface area contributed by atoms with Gasteiger partial charge in [-0.15, -0.1) is 0 Å². The molecule has 0 unspecified atom stereocenters. The minimum atomic E-state index is -0.245. The molecule has 2 aromatic carbocycles. The van der Waals surface area contributed by atoms with Gasteiger partial charge in [0.1, 0.15) is 0 Å². The fourth-order valence-corrected chi connectivity index (χ4v) is 2.56. The van der Waals surface area contributed by atoms with Crippen molar-refractivity contribution >= 4 is 23.2 Å². The summed E-state index contributed by atoms with van der Waals surface area (Å²) >= 11 is 0. The molecule has 0 saturated heterocycles. The summed E-state index contributed by atoms with van der Waals surface area (Å²) < 4.78 is 0. The molecule has 0 heterocycles. The quantitative estimate of drug-likeness (QED) is 0.636. The average molecular weight is 349 g/mol. The van der Waals surface area contributed by atoms with Crippen molar-refractivity contribution in [3.8, 4) is 0 Å². The normalized spacial score (nSPS) is 14.0. The Bertz CT molecular complexity index is 883. The Morgan fingerprint density at radius 3 is 2.46 bits per heavy atom. The molecule has 2 N–H and O–H groups in total. The molecule has 0 spiro atoms. The van der Waals surface area contributed by atoms with Crippen LogP contribution in [0, 0.1) is 19.8 Å². The number of rotatable bonds is 5. The molecule has 3 rings (SSSR count). The number of benzene rings is 2. The predicted octanol–water partition coefficient (Wildman–Crippen LogP) is 3.81. The van der Waals surface area contributed by atoms with Crippen molar-refractivity contribution in [3.63, 3.8) is 0 Å². The number of anilines is 1. The second-order valence-corrected chi connectivity index (χ2v) is 6.78. The lowest BCUT2D eigenvalue weighted by Crippen LogP contribution is -2.19. The smallest absolute Gasteiger partial charge is 0.271 e. The molecule has 0 atom stereocenters. The maximum Gasteiger partial charge on any atom is 0.271 e. The highest BCUT2D eigenvalue weighted by Crippen LogP contribution is 2.30. The van der Waals surface area contributed by atoms with Gasteiger partial charge in [0, 0.05) is 17.2 Å². The highest BCUT2D eigenvalue weighted by molar-refractivity contribution is 6.02. The Hall–Kier alpha value is -2.95. The van der Waals surface area contributed by atoms with Crippen molar-refractivity contribution in [1.29, 1.82) is 0 Å². The average Bonchev–Trinajstić information content (AvgIpc) is 3.47. The molecular weight excluding hydrogens is 326 g/mol. The minimum Gasteiger partial charge on any atom is -0.326 e. The third-order valence-electron chi connectivity index (χ3n) is 4.59. The van der Waals surface area contributed by atoms with E-state index in [9.17, 15) is 9.59 Å². The molecule has 134 valence electrons. The van der Waals surface area contributed by atoms with Crippen LogP contribution in [0.1, 0.15) is 46.8 Å². The van der Waals surface area contributed by atoms with Gasteiger partial charge in [0.15, 0.2) is 0 Å². The van der Waals surface area contributed by atoms with Crippen LogP contribution in [0.5, 0.6) is 0 Å². The van der Waals surface area contributed by atoms with Crippen LogP contribution in [0.3, 0.4) is 0 Å². The summed E-state index contributed by atoms with van der Waals surface area (Å²) in [5.74, 6) is -0.0175. The molecule has 5 heteroatoms. The Morgan fingerprint density at radius 1 is 1.00 bits per heavy atom. The van der Waals surface area contributed by atoms with Crippen molar-refractivity contribution in [3.05, 3.63) is 64.7 Å². The Balaban J connectivity index is 1.67. The first kappa shape index (κ1) is 17.9. The molecule has 5 nitrogen and oxygen atoms in total. The first-order chi connectivity index (χ1) is 12.4. The van der Waals surface area contributed by atoms with Gasteiger partial charge in [0.25, 0.3) is 5.91 Å². The summed E-state index contributed by atoms with van der Waals surface area (Å²) in [4.78, 5) is 24.1. The number of aryl methyl sites for hydroxylation is 2. The number of carbonyl (C=O) groups is 2. The first-order valence-corrected chi connectivity index (χ1v) is 8.77. The van der Waals surface area contributed by atoms with E-state index in [0.717, 1.165) is 35.2 Å². The van der Waals surface area contributed by atoms with E-state index in [-0.39, 0.29) is 17.7 Å². The molecule has 1 aliphatic carbocycles. The van der Waals surface area contributed by atoms with E-state index in [1.807, 2.05) is 57.2 Å². The van der Waals surface area contributed by atoms with Gasteiger partial charge in [-0.25, -0.2) is 5.43 Å². The second-order valence-electron chi connectivity index (χ2n) is 6.78. The zero-order valence-corrected chi connectivity index (χ0v) is 15.3. The number of hydrogen-bond acceptors (Lipinski definition) is 3. The molecule has 0 bridgehead atoms. The van der Waals surface area contributed by atoms with Crippen LogP contribution >= 0.6 is 0 Å². The molecule has 0 aliphatic heterocycles. The van der Waals surface area contributed by atoms with E-state index in [1.165, 1.54) is 0 Å². The SMILES string of the molecule is C/C(=N/NC(=O)c1ccc(C)c(C)c1)c1cccc(NC(=O)C2CC2)c1. The lowest BCUT2D eigenvalue weighted by Gasteiger charge is -2.08. The van der Waals surface area contributed by atoms with E-state index in [4.69, 9.17) is 0 Å². The Morgan fingerprint density at radius 2 is 1.77 bits per heavy atom. The minimum absolute atomic E-state index is 0.0692. The van der Waals surface area contributed by atoms with E-state index in [1.54, 1.807) is 6.07 Å². The zero-order valence-electron chi connectivity index (χ0n) is 15.3. The van der Waals surface area contributed by atoms with Gasteiger partial charge in [0.2, 0.25) is 5.91 Å². The highest BCUT2D eigenvalue weighted by atomic mass is 16.2. The van der Waals surface area contributed by atoms with Gasteiger partial charge >= 0.3 is 0 Å². The largest absolute Gasteiger partial charge is 0.326 e. The summed E-state index contributed by atoms with van der Waals surface area (Å²) in [5.41, 5.74) is 7.65. The second kappa shape index (κ2) is 7.52. The monoisotopic (exact) mass is 349 g/mol. The van der Waals surface area contributed by atoms with E-state index < -0.39 is 0 Å². The van der Waals surface area contributed by atoms with Gasteiger partial charge in [-0.3, -0.25) is 9.59 Å². The number of nitrogens with one attached hydrogen (secondary N) is 2. The van der Waals surface area contributed by atoms with Crippen LogP contribution in [0.2, 0.25) is 0 Å². The van der Waals surface area contributed by atoms with Crippen molar-refractivity contribution in [2.45, 2.75) is 33.6 Å². The van der Waals surface area contributed by atoms with Gasteiger partial charge in [-0.2, -0.15) is 5.10 Å². The van der Waals surface area contributed by atoms with Crippen LogP contribution in [0.4, 0.5) is 5.69 Å². The van der Waals surface area contributed by atoms with E-state index in [2.05, 4.69) is 15.8 Å². The Kier molecular flexibility index (Phi) is 5.16. The van der Waals surface area contributed by atoms with Gasteiger partial charge in [0.05, 0.1) is 5.71 Å². The van der Waals surface area contributed by atoms with Crippen LogP contribution < -0.4 is 10.7 Å². The maximum atomic E-state index is 12.3.